The number of hydrogen-bond donors (Lipinski definition) is 1. The Morgan fingerprint density at radius 3 is 2.37 bits per heavy atom. The number of nitrogens with one attached hydrogen (secondary N) is 1. The fourth-order valence-corrected chi connectivity index (χ4v) is 4.12. The van der Waals surface area contributed by atoms with E-state index in [9.17, 15) is 4.79 Å². The summed E-state index contributed by atoms with van der Waals surface area (Å²) >= 11 is 0. The van der Waals surface area contributed by atoms with E-state index in [2.05, 4.69) is 10.2 Å². The molecule has 1 amide bonds. The summed E-state index contributed by atoms with van der Waals surface area (Å²) in [5.74, 6) is 2.05. The molecule has 0 bridgehead atoms. The second kappa shape index (κ2) is 6.23. The van der Waals surface area contributed by atoms with E-state index in [4.69, 9.17) is 4.74 Å². The molecule has 0 aromatic carbocycles. The fraction of sp³-hybridized carbons (Fsp3) is 0.933. The molecule has 3 rings (SSSR count). The topological polar surface area (TPSA) is 41.6 Å². The van der Waals surface area contributed by atoms with Crippen LogP contribution in [-0.2, 0) is 9.53 Å². The average molecular weight is 266 g/mol. The van der Waals surface area contributed by atoms with Gasteiger partial charge in [0.05, 0.1) is 6.61 Å². The minimum atomic E-state index is 0.205. The molecule has 0 aromatic rings. The number of hydrogen-bond acceptors (Lipinski definition) is 3. The summed E-state index contributed by atoms with van der Waals surface area (Å²) in [5.41, 5.74) is 0. The van der Waals surface area contributed by atoms with Crippen molar-refractivity contribution in [1.29, 1.82) is 0 Å². The molecular formula is C15H26N2O2. The Morgan fingerprint density at radius 2 is 1.68 bits per heavy atom. The van der Waals surface area contributed by atoms with Gasteiger partial charge in [-0.05, 0) is 63.5 Å². The predicted octanol–water partition coefficient (Wildman–Crippen LogP) is 1.40. The van der Waals surface area contributed by atoms with E-state index in [-0.39, 0.29) is 5.91 Å². The van der Waals surface area contributed by atoms with Crippen LogP contribution in [0.15, 0.2) is 0 Å². The lowest BCUT2D eigenvalue weighted by Crippen LogP contribution is -2.49. The van der Waals surface area contributed by atoms with E-state index in [1.165, 1.54) is 51.6 Å². The third-order valence-electron chi connectivity index (χ3n) is 5.26. The van der Waals surface area contributed by atoms with Crippen LogP contribution in [0.25, 0.3) is 0 Å². The first-order valence-electron chi connectivity index (χ1n) is 7.92. The van der Waals surface area contributed by atoms with Gasteiger partial charge < -0.3 is 15.0 Å². The highest BCUT2D eigenvalue weighted by Crippen LogP contribution is 2.36. The molecule has 2 aliphatic heterocycles. The zero-order chi connectivity index (χ0) is 13.1. The summed E-state index contributed by atoms with van der Waals surface area (Å²) < 4.78 is 5.22. The van der Waals surface area contributed by atoms with Gasteiger partial charge in [-0.3, -0.25) is 4.79 Å². The Balaban J connectivity index is 1.49. The number of piperidine rings is 1. The van der Waals surface area contributed by atoms with Crippen molar-refractivity contribution in [2.75, 3.05) is 32.8 Å². The van der Waals surface area contributed by atoms with Crippen molar-refractivity contribution >= 4 is 5.91 Å². The van der Waals surface area contributed by atoms with Gasteiger partial charge in [0.1, 0.15) is 6.61 Å². The van der Waals surface area contributed by atoms with Crippen molar-refractivity contribution in [2.45, 2.75) is 44.6 Å². The lowest BCUT2D eigenvalue weighted by molar-refractivity contribution is -0.146. The van der Waals surface area contributed by atoms with Crippen LogP contribution >= 0.6 is 0 Å². The summed E-state index contributed by atoms with van der Waals surface area (Å²) in [6.45, 7) is 4.23. The van der Waals surface area contributed by atoms with Crippen LogP contribution in [0, 0.1) is 11.8 Å². The standard InChI is InChI=1S/C15H26N2O2/c18-15-11-19-10-9-17(15)14-3-1-12(2-4-14)13-5-7-16-8-6-13/h12-14,16H,1-11H2. The second-order valence-corrected chi connectivity index (χ2v) is 6.30. The van der Waals surface area contributed by atoms with Crippen LogP contribution in [-0.4, -0.2) is 49.7 Å². The molecule has 4 nitrogen and oxygen atoms in total. The summed E-state index contributed by atoms with van der Waals surface area (Å²) in [6.07, 6.45) is 7.76. The third kappa shape index (κ3) is 3.11. The molecule has 108 valence electrons. The zero-order valence-electron chi connectivity index (χ0n) is 11.8. The number of carbonyl (C=O) groups is 1. The summed E-state index contributed by atoms with van der Waals surface area (Å²) in [4.78, 5) is 14.0. The quantitative estimate of drug-likeness (QED) is 0.821. The molecule has 0 atom stereocenters. The third-order valence-corrected chi connectivity index (χ3v) is 5.26. The van der Waals surface area contributed by atoms with Crippen molar-refractivity contribution < 1.29 is 9.53 Å². The van der Waals surface area contributed by atoms with Gasteiger partial charge >= 0.3 is 0 Å². The molecule has 1 N–H and O–H groups in total. The van der Waals surface area contributed by atoms with E-state index in [0.717, 1.165) is 25.0 Å². The highest BCUT2D eigenvalue weighted by molar-refractivity contribution is 5.78. The van der Waals surface area contributed by atoms with Gasteiger partial charge in [-0.25, -0.2) is 0 Å². The normalized spacial score (nSPS) is 34.5. The Bertz CT molecular complexity index is 307. The molecule has 1 saturated carbocycles. The van der Waals surface area contributed by atoms with Crippen LogP contribution in [0.4, 0.5) is 0 Å². The van der Waals surface area contributed by atoms with Gasteiger partial charge in [-0.15, -0.1) is 0 Å². The van der Waals surface area contributed by atoms with Gasteiger partial charge in [0, 0.05) is 12.6 Å². The molecule has 2 heterocycles. The molecule has 0 radical (unpaired) electrons. The van der Waals surface area contributed by atoms with Crippen molar-refractivity contribution in [3.63, 3.8) is 0 Å². The van der Waals surface area contributed by atoms with Crippen LogP contribution in [0.3, 0.4) is 0 Å². The lowest BCUT2D eigenvalue weighted by Gasteiger charge is -2.41. The summed E-state index contributed by atoms with van der Waals surface area (Å²) in [6, 6.07) is 0.495. The maximum absolute atomic E-state index is 11.9. The Labute approximate surface area is 115 Å². The smallest absolute Gasteiger partial charge is 0.248 e. The maximum Gasteiger partial charge on any atom is 0.248 e. The summed E-state index contributed by atoms with van der Waals surface area (Å²) in [7, 11) is 0. The van der Waals surface area contributed by atoms with Gasteiger partial charge in [0.2, 0.25) is 5.91 Å². The van der Waals surface area contributed by atoms with E-state index in [1.807, 2.05) is 0 Å². The zero-order valence-corrected chi connectivity index (χ0v) is 11.8. The van der Waals surface area contributed by atoms with Crippen molar-refractivity contribution in [3.8, 4) is 0 Å². The number of carbonyl (C=O) groups excluding carboxylic acids is 1. The van der Waals surface area contributed by atoms with Gasteiger partial charge in [0.25, 0.3) is 0 Å². The first kappa shape index (κ1) is 13.4. The lowest BCUT2D eigenvalue weighted by atomic mass is 9.74. The van der Waals surface area contributed by atoms with E-state index in [0.29, 0.717) is 12.6 Å². The van der Waals surface area contributed by atoms with Crippen molar-refractivity contribution in [3.05, 3.63) is 0 Å². The average Bonchev–Trinajstić information content (AvgIpc) is 2.49. The van der Waals surface area contributed by atoms with E-state index in [1.54, 1.807) is 0 Å². The van der Waals surface area contributed by atoms with Crippen LogP contribution in [0.2, 0.25) is 0 Å². The van der Waals surface area contributed by atoms with Gasteiger partial charge in [0.15, 0.2) is 0 Å². The highest BCUT2D eigenvalue weighted by Gasteiger charge is 2.33. The van der Waals surface area contributed by atoms with Crippen LogP contribution in [0.1, 0.15) is 38.5 Å². The Kier molecular flexibility index (Phi) is 4.38. The first-order chi connectivity index (χ1) is 9.34. The fourth-order valence-electron chi connectivity index (χ4n) is 4.12. The molecule has 3 fully saturated rings. The molecular weight excluding hydrogens is 240 g/mol. The molecule has 3 aliphatic rings. The van der Waals surface area contributed by atoms with E-state index < -0.39 is 0 Å². The maximum atomic E-state index is 11.9. The van der Waals surface area contributed by atoms with Crippen molar-refractivity contribution in [2.24, 2.45) is 11.8 Å². The minimum absolute atomic E-state index is 0.205. The molecule has 0 aromatic heterocycles. The molecule has 19 heavy (non-hydrogen) atoms. The highest BCUT2D eigenvalue weighted by atomic mass is 16.5. The Morgan fingerprint density at radius 1 is 1.00 bits per heavy atom. The van der Waals surface area contributed by atoms with Crippen LogP contribution in [0.5, 0.6) is 0 Å². The monoisotopic (exact) mass is 266 g/mol. The van der Waals surface area contributed by atoms with Gasteiger partial charge in [-0.1, -0.05) is 0 Å². The largest absolute Gasteiger partial charge is 0.370 e. The first-order valence-corrected chi connectivity index (χ1v) is 7.92. The molecule has 2 saturated heterocycles. The minimum Gasteiger partial charge on any atom is -0.370 e. The number of morpholine rings is 1. The van der Waals surface area contributed by atoms with Crippen LogP contribution < -0.4 is 5.32 Å². The van der Waals surface area contributed by atoms with E-state index >= 15 is 0 Å². The second-order valence-electron chi connectivity index (χ2n) is 6.30. The number of amides is 1. The molecule has 4 heteroatoms. The molecule has 1 aliphatic carbocycles. The number of nitrogens with zero attached hydrogens (tertiary/aromatic N) is 1. The molecule has 0 spiro atoms. The predicted molar refractivity (Wildman–Crippen MR) is 73.9 cm³/mol. The number of rotatable bonds is 2. The van der Waals surface area contributed by atoms with Gasteiger partial charge in [-0.2, -0.15) is 0 Å². The number of ether oxygens (including phenoxy) is 1. The molecule has 0 unspecified atom stereocenters. The SMILES string of the molecule is O=C1COCCN1C1CCC(C2CCNCC2)CC1. The Hall–Kier alpha value is -0.610. The van der Waals surface area contributed by atoms with Crippen molar-refractivity contribution in [1.82, 2.24) is 10.2 Å². The summed E-state index contributed by atoms with van der Waals surface area (Å²) in [5, 5.41) is 3.45.